The first-order chi connectivity index (χ1) is 12.0. The molecule has 2 aliphatic heterocycles. The molecular weight excluding hydrogens is 336 g/mol. The van der Waals surface area contributed by atoms with Gasteiger partial charge in [0.2, 0.25) is 5.60 Å². The number of ether oxygens (including phenoxy) is 1. The molecule has 124 valence electrons. The maximum absolute atomic E-state index is 13.0. The van der Waals surface area contributed by atoms with Gasteiger partial charge in [-0.2, -0.15) is 5.26 Å². The third-order valence-corrected chi connectivity index (χ3v) is 5.07. The lowest BCUT2D eigenvalue weighted by molar-refractivity contribution is -0.133. The number of benzene rings is 2. The summed E-state index contributed by atoms with van der Waals surface area (Å²) in [5.74, 6) is 0.289. The fourth-order valence-electron chi connectivity index (χ4n) is 3.52. The van der Waals surface area contributed by atoms with Crippen LogP contribution in [-0.4, -0.2) is 13.0 Å². The number of amides is 1. The fraction of sp³-hybridized carbons (Fsp3) is 0.200. The SMILES string of the molecule is Cc1ccc(C2=C(C#N)CC3(O2)C(=O)N(C)c2ccc(Cl)cc23)cc1. The van der Waals surface area contributed by atoms with Gasteiger partial charge in [0.1, 0.15) is 5.76 Å². The summed E-state index contributed by atoms with van der Waals surface area (Å²) in [6.45, 7) is 1.99. The fourth-order valence-corrected chi connectivity index (χ4v) is 3.69. The van der Waals surface area contributed by atoms with Crippen LogP contribution in [0.5, 0.6) is 0 Å². The number of hydrogen-bond donors (Lipinski definition) is 0. The third kappa shape index (κ3) is 2.16. The molecule has 25 heavy (non-hydrogen) atoms. The summed E-state index contributed by atoms with van der Waals surface area (Å²) in [4.78, 5) is 14.6. The molecule has 0 fully saturated rings. The minimum absolute atomic E-state index is 0.181. The highest BCUT2D eigenvalue weighted by Gasteiger charge is 2.56. The molecule has 2 aliphatic rings. The Hall–Kier alpha value is -2.77. The van der Waals surface area contributed by atoms with Crippen molar-refractivity contribution in [2.75, 3.05) is 11.9 Å². The zero-order chi connectivity index (χ0) is 17.8. The molecule has 0 aromatic heterocycles. The van der Waals surface area contributed by atoms with Gasteiger partial charge in [-0.15, -0.1) is 0 Å². The van der Waals surface area contributed by atoms with Gasteiger partial charge in [-0.05, 0) is 25.1 Å². The summed E-state index contributed by atoms with van der Waals surface area (Å²) in [6, 6.07) is 15.2. The first kappa shape index (κ1) is 15.7. The van der Waals surface area contributed by atoms with E-state index in [-0.39, 0.29) is 12.3 Å². The second-order valence-electron chi connectivity index (χ2n) is 6.42. The Bertz CT molecular complexity index is 972. The van der Waals surface area contributed by atoms with Crippen LogP contribution in [-0.2, 0) is 15.1 Å². The molecule has 0 bridgehead atoms. The van der Waals surface area contributed by atoms with Crippen molar-refractivity contribution >= 4 is 29.0 Å². The van der Waals surface area contributed by atoms with Gasteiger partial charge in [0.25, 0.3) is 5.91 Å². The highest BCUT2D eigenvalue weighted by Crippen LogP contribution is 2.53. The van der Waals surface area contributed by atoms with Crippen molar-refractivity contribution in [3.05, 3.63) is 69.8 Å². The van der Waals surface area contributed by atoms with Gasteiger partial charge in [-0.3, -0.25) is 4.79 Å². The number of halogens is 1. The number of rotatable bonds is 1. The zero-order valence-corrected chi connectivity index (χ0v) is 14.6. The molecule has 1 unspecified atom stereocenters. The van der Waals surface area contributed by atoms with Gasteiger partial charge in [0.05, 0.1) is 17.3 Å². The van der Waals surface area contributed by atoms with E-state index in [9.17, 15) is 10.1 Å². The lowest BCUT2D eigenvalue weighted by Gasteiger charge is -2.24. The molecule has 0 saturated carbocycles. The number of fused-ring (bicyclic) bond motifs is 2. The highest BCUT2D eigenvalue weighted by molar-refractivity contribution is 6.31. The standard InChI is InChI=1S/C20H15ClN2O2/c1-12-3-5-13(6-4-12)18-14(11-22)10-20(25-18)16-9-15(21)7-8-17(16)23(2)19(20)24/h3-9H,10H2,1-2H3. The van der Waals surface area contributed by atoms with Crippen LogP contribution in [0.15, 0.2) is 48.0 Å². The average molecular weight is 351 g/mol. The van der Waals surface area contributed by atoms with E-state index in [0.29, 0.717) is 21.9 Å². The van der Waals surface area contributed by atoms with Gasteiger partial charge >= 0.3 is 0 Å². The van der Waals surface area contributed by atoms with Crippen LogP contribution in [0.2, 0.25) is 5.02 Å². The van der Waals surface area contributed by atoms with E-state index >= 15 is 0 Å². The molecule has 1 atom stereocenters. The molecule has 4 nitrogen and oxygen atoms in total. The number of aryl methyl sites for hydroxylation is 1. The first-order valence-corrected chi connectivity index (χ1v) is 8.31. The van der Waals surface area contributed by atoms with Crippen molar-refractivity contribution in [3.8, 4) is 6.07 Å². The smallest absolute Gasteiger partial charge is 0.276 e. The molecule has 0 N–H and O–H groups in total. The Morgan fingerprint density at radius 2 is 1.96 bits per heavy atom. The summed E-state index contributed by atoms with van der Waals surface area (Å²) < 4.78 is 6.21. The Balaban J connectivity index is 1.85. The number of carbonyl (C=O) groups excluding carboxylic acids is 1. The number of nitriles is 1. The van der Waals surface area contributed by atoms with E-state index in [0.717, 1.165) is 16.8 Å². The Morgan fingerprint density at radius 3 is 2.64 bits per heavy atom. The van der Waals surface area contributed by atoms with E-state index in [1.807, 2.05) is 37.3 Å². The van der Waals surface area contributed by atoms with Gasteiger partial charge in [-0.25, -0.2) is 0 Å². The topological polar surface area (TPSA) is 53.3 Å². The van der Waals surface area contributed by atoms with Crippen LogP contribution >= 0.6 is 11.6 Å². The normalized spacial score (nSPS) is 21.5. The first-order valence-electron chi connectivity index (χ1n) is 7.94. The van der Waals surface area contributed by atoms with Crippen LogP contribution in [0.25, 0.3) is 5.76 Å². The van der Waals surface area contributed by atoms with Crippen molar-refractivity contribution in [2.45, 2.75) is 18.9 Å². The minimum atomic E-state index is -1.21. The molecular formula is C20H15ClN2O2. The van der Waals surface area contributed by atoms with Crippen molar-refractivity contribution in [2.24, 2.45) is 0 Å². The second-order valence-corrected chi connectivity index (χ2v) is 6.85. The van der Waals surface area contributed by atoms with E-state index < -0.39 is 5.60 Å². The number of anilines is 1. The van der Waals surface area contributed by atoms with E-state index in [1.54, 1.807) is 24.1 Å². The monoisotopic (exact) mass is 350 g/mol. The van der Waals surface area contributed by atoms with E-state index in [1.165, 1.54) is 0 Å². The Labute approximate surface area is 150 Å². The second kappa shape index (κ2) is 5.37. The molecule has 0 radical (unpaired) electrons. The van der Waals surface area contributed by atoms with Crippen molar-refractivity contribution < 1.29 is 9.53 Å². The maximum Gasteiger partial charge on any atom is 0.276 e. The number of carbonyl (C=O) groups is 1. The molecule has 0 aliphatic carbocycles. The van der Waals surface area contributed by atoms with Gasteiger partial charge in [0, 0.05) is 29.6 Å². The van der Waals surface area contributed by atoms with Crippen molar-refractivity contribution in [1.82, 2.24) is 0 Å². The van der Waals surface area contributed by atoms with E-state index in [4.69, 9.17) is 16.3 Å². The molecule has 1 spiro atoms. The number of hydrogen-bond acceptors (Lipinski definition) is 3. The predicted octanol–water partition coefficient (Wildman–Crippen LogP) is 4.18. The third-order valence-electron chi connectivity index (χ3n) is 4.83. The maximum atomic E-state index is 13.0. The molecule has 0 saturated heterocycles. The van der Waals surface area contributed by atoms with Crippen molar-refractivity contribution in [1.29, 1.82) is 5.26 Å². The Kier molecular flexibility index (Phi) is 3.38. The minimum Gasteiger partial charge on any atom is -0.470 e. The molecule has 1 amide bonds. The molecule has 2 aromatic rings. The summed E-state index contributed by atoms with van der Waals surface area (Å²) in [6.07, 6.45) is 0.212. The lowest BCUT2D eigenvalue weighted by Crippen LogP contribution is -2.38. The van der Waals surface area contributed by atoms with Crippen LogP contribution < -0.4 is 4.90 Å². The van der Waals surface area contributed by atoms with Crippen molar-refractivity contribution in [3.63, 3.8) is 0 Å². The van der Waals surface area contributed by atoms with Crippen LogP contribution in [0.4, 0.5) is 5.69 Å². The van der Waals surface area contributed by atoms with Crippen LogP contribution in [0.3, 0.4) is 0 Å². The average Bonchev–Trinajstić information content (AvgIpc) is 3.09. The highest BCUT2D eigenvalue weighted by atomic mass is 35.5. The van der Waals surface area contributed by atoms with Gasteiger partial charge < -0.3 is 9.64 Å². The van der Waals surface area contributed by atoms with E-state index in [2.05, 4.69) is 6.07 Å². The largest absolute Gasteiger partial charge is 0.470 e. The summed E-state index contributed by atoms with van der Waals surface area (Å²) in [7, 11) is 1.71. The summed E-state index contributed by atoms with van der Waals surface area (Å²) >= 11 is 6.16. The predicted molar refractivity (Wildman–Crippen MR) is 96.0 cm³/mol. The summed E-state index contributed by atoms with van der Waals surface area (Å²) in [5, 5.41) is 10.1. The van der Waals surface area contributed by atoms with Gasteiger partial charge in [0.15, 0.2) is 0 Å². The quantitative estimate of drug-likeness (QED) is 0.775. The lowest BCUT2D eigenvalue weighted by atomic mass is 9.90. The molecule has 2 aromatic carbocycles. The molecule has 4 rings (SSSR count). The Morgan fingerprint density at radius 1 is 1.24 bits per heavy atom. The zero-order valence-electron chi connectivity index (χ0n) is 13.8. The van der Waals surface area contributed by atoms with Crippen LogP contribution in [0, 0.1) is 18.3 Å². The number of nitrogens with zero attached hydrogens (tertiary/aromatic N) is 2. The summed E-state index contributed by atoms with van der Waals surface area (Å²) in [5.41, 5.74) is 2.65. The number of likely N-dealkylation sites (N-methyl/N-ethyl adjacent to an activating group) is 1. The molecule has 2 heterocycles. The van der Waals surface area contributed by atoms with Gasteiger partial charge in [-0.1, -0.05) is 41.4 Å². The molecule has 5 heteroatoms. The van der Waals surface area contributed by atoms with Crippen LogP contribution in [0.1, 0.15) is 23.1 Å².